The van der Waals surface area contributed by atoms with Gasteiger partial charge in [0.25, 0.3) is 0 Å². The number of nitrogens with zero attached hydrogens (tertiary/aromatic N) is 6. The Morgan fingerprint density at radius 3 is 2.37 bits per heavy atom. The van der Waals surface area contributed by atoms with Crippen LogP contribution in [0.1, 0.15) is 39.0 Å². The number of tetrazole rings is 1. The molecule has 0 spiro atoms. The van der Waals surface area contributed by atoms with Crippen LogP contribution in [0.25, 0.3) is 16.8 Å². The quantitative estimate of drug-likeness (QED) is 0.511. The first-order chi connectivity index (χ1) is 14.4. The number of rotatable bonds is 5. The molecule has 154 valence electrons. The lowest BCUT2D eigenvalue weighted by atomic mass is 10.0. The fourth-order valence-corrected chi connectivity index (χ4v) is 3.62. The summed E-state index contributed by atoms with van der Waals surface area (Å²) in [5.74, 6) is 0. The highest BCUT2D eigenvalue weighted by atomic mass is 16.1. The second kappa shape index (κ2) is 7.74. The summed E-state index contributed by atoms with van der Waals surface area (Å²) in [5, 5.41) is 11.5. The van der Waals surface area contributed by atoms with E-state index in [2.05, 4.69) is 73.6 Å². The molecule has 0 aliphatic carbocycles. The van der Waals surface area contributed by atoms with Gasteiger partial charge in [0.1, 0.15) is 6.33 Å². The first-order valence-electron chi connectivity index (χ1n) is 10.1. The molecule has 0 atom stereocenters. The minimum atomic E-state index is -0.240. The van der Waals surface area contributed by atoms with Crippen LogP contribution >= 0.6 is 0 Å². The zero-order chi connectivity index (χ0) is 21.3. The Hall–Kier alpha value is -3.48. The molecule has 7 nitrogen and oxygen atoms in total. The molecule has 0 saturated carbocycles. The van der Waals surface area contributed by atoms with Crippen LogP contribution in [-0.2, 0) is 18.5 Å². The van der Waals surface area contributed by atoms with Gasteiger partial charge in [-0.1, -0.05) is 49.4 Å². The van der Waals surface area contributed by atoms with E-state index in [4.69, 9.17) is 0 Å². The van der Waals surface area contributed by atoms with Gasteiger partial charge in [-0.2, -0.15) is 4.68 Å². The maximum atomic E-state index is 13.0. The van der Waals surface area contributed by atoms with Gasteiger partial charge in [0.15, 0.2) is 0 Å². The van der Waals surface area contributed by atoms with E-state index < -0.39 is 0 Å². The number of imidazole rings is 1. The van der Waals surface area contributed by atoms with Crippen LogP contribution < -0.4 is 5.69 Å². The number of hydrogen-bond acceptors (Lipinski definition) is 4. The molecule has 4 aromatic rings. The van der Waals surface area contributed by atoms with Crippen molar-refractivity contribution in [2.75, 3.05) is 0 Å². The first kappa shape index (κ1) is 19.8. The molecule has 2 aromatic carbocycles. The molecule has 7 heteroatoms. The van der Waals surface area contributed by atoms with Gasteiger partial charge in [-0.25, -0.2) is 4.79 Å². The second-order valence-electron chi connectivity index (χ2n) is 8.35. The Kier molecular flexibility index (Phi) is 5.11. The summed E-state index contributed by atoms with van der Waals surface area (Å²) in [5.41, 5.74) is 4.96. The van der Waals surface area contributed by atoms with E-state index in [0.717, 1.165) is 34.5 Å². The third-order valence-corrected chi connectivity index (χ3v) is 5.25. The van der Waals surface area contributed by atoms with Crippen molar-refractivity contribution in [1.29, 1.82) is 0 Å². The van der Waals surface area contributed by atoms with Crippen molar-refractivity contribution in [2.45, 2.75) is 46.2 Å². The molecule has 0 aliphatic rings. The van der Waals surface area contributed by atoms with Gasteiger partial charge in [0, 0.05) is 23.0 Å². The summed E-state index contributed by atoms with van der Waals surface area (Å²) in [4.78, 5) is 13.0. The Morgan fingerprint density at radius 2 is 1.73 bits per heavy atom. The predicted octanol–water partition coefficient (Wildman–Crippen LogP) is 3.66. The van der Waals surface area contributed by atoms with Crippen molar-refractivity contribution in [3.63, 3.8) is 0 Å². The van der Waals surface area contributed by atoms with Crippen molar-refractivity contribution >= 4 is 0 Å². The van der Waals surface area contributed by atoms with Crippen LogP contribution in [0.5, 0.6) is 0 Å². The lowest BCUT2D eigenvalue weighted by molar-refractivity contribution is 0.380. The zero-order valence-corrected chi connectivity index (χ0v) is 17.8. The normalized spacial score (nSPS) is 11.7. The van der Waals surface area contributed by atoms with Crippen LogP contribution in [0.15, 0.2) is 65.8 Å². The molecule has 0 radical (unpaired) electrons. The highest BCUT2D eigenvalue weighted by Gasteiger charge is 2.20. The summed E-state index contributed by atoms with van der Waals surface area (Å²) in [6, 6.07) is 16.3. The highest BCUT2D eigenvalue weighted by molar-refractivity contribution is 5.72. The maximum absolute atomic E-state index is 13.0. The Balaban J connectivity index is 1.66. The van der Waals surface area contributed by atoms with E-state index in [1.165, 1.54) is 0 Å². The third-order valence-electron chi connectivity index (χ3n) is 5.25. The van der Waals surface area contributed by atoms with Gasteiger partial charge in [-0.3, -0.25) is 9.13 Å². The van der Waals surface area contributed by atoms with Crippen molar-refractivity contribution < 1.29 is 0 Å². The van der Waals surface area contributed by atoms with Gasteiger partial charge in [-0.05, 0) is 54.8 Å². The van der Waals surface area contributed by atoms with E-state index in [1.54, 1.807) is 11.0 Å². The predicted molar refractivity (Wildman–Crippen MR) is 117 cm³/mol. The first-order valence-corrected chi connectivity index (χ1v) is 10.1. The molecule has 2 aromatic heterocycles. The minimum absolute atomic E-state index is 0.0347. The van der Waals surface area contributed by atoms with Crippen LogP contribution in [0.4, 0.5) is 0 Å². The van der Waals surface area contributed by atoms with Crippen molar-refractivity contribution in [3.05, 3.63) is 82.8 Å². The van der Waals surface area contributed by atoms with Crippen molar-refractivity contribution in [1.82, 2.24) is 29.3 Å². The summed E-state index contributed by atoms with van der Waals surface area (Å²) in [7, 11) is 0. The van der Waals surface area contributed by atoms with Crippen LogP contribution in [0.3, 0.4) is 0 Å². The molecule has 0 amide bonds. The molecule has 0 saturated heterocycles. The summed E-state index contributed by atoms with van der Waals surface area (Å²) < 4.78 is 5.35. The minimum Gasteiger partial charge on any atom is -0.294 e. The lowest BCUT2D eigenvalue weighted by Gasteiger charge is -2.19. The smallest absolute Gasteiger partial charge is 0.294 e. The zero-order valence-electron chi connectivity index (χ0n) is 17.8. The molecule has 4 rings (SSSR count). The molecule has 0 fully saturated rings. The summed E-state index contributed by atoms with van der Waals surface area (Å²) in [6.07, 6.45) is 4.39. The summed E-state index contributed by atoms with van der Waals surface area (Å²) in [6.45, 7) is 8.79. The van der Waals surface area contributed by atoms with Gasteiger partial charge >= 0.3 is 5.69 Å². The number of aryl methyl sites for hydroxylation is 1. The van der Waals surface area contributed by atoms with E-state index >= 15 is 0 Å². The average Bonchev–Trinajstić information content (AvgIpc) is 3.37. The molecule has 30 heavy (non-hydrogen) atoms. The largest absolute Gasteiger partial charge is 0.329 e. The molecule has 0 unspecified atom stereocenters. The van der Waals surface area contributed by atoms with Gasteiger partial charge in [0.2, 0.25) is 0 Å². The van der Waals surface area contributed by atoms with Crippen LogP contribution in [0, 0.1) is 0 Å². The number of benzene rings is 2. The SMILES string of the molecule is CCc1cn(C(C)(C)C)c(=O)n1Cc1ccc(-c2ccccc2-n2cnnn2)cc1. The lowest BCUT2D eigenvalue weighted by Crippen LogP contribution is -2.34. The Morgan fingerprint density at radius 1 is 1.00 bits per heavy atom. The molecular formula is C23H26N6O. The van der Waals surface area contributed by atoms with Gasteiger partial charge in [-0.15, -0.1) is 5.10 Å². The molecule has 0 N–H and O–H groups in total. The van der Waals surface area contributed by atoms with E-state index in [9.17, 15) is 4.79 Å². The maximum Gasteiger partial charge on any atom is 0.329 e. The van der Waals surface area contributed by atoms with E-state index in [1.807, 2.05) is 33.5 Å². The molecule has 2 heterocycles. The Labute approximate surface area is 175 Å². The van der Waals surface area contributed by atoms with Crippen molar-refractivity contribution in [2.24, 2.45) is 0 Å². The third kappa shape index (κ3) is 3.70. The van der Waals surface area contributed by atoms with Crippen LogP contribution in [-0.4, -0.2) is 29.3 Å². The molecule has 0 aliphatic heterocycles. The number of aromatic nitrogens is 6. The van der Waals surface area contributed by atoms with Gasteiger partial charge < -0.3 is 0 Å². The van der Waals surface area contributed by atoms with E-state index in [0.29, 0.717) is 6.54 Å². The fraction of sp³-hybridized carbons (Fsp3) is 0.304. The van der Waals surface area contributed by atoms with Crippen molar-refractivity contribution in [3.8, 4) is 16.8 Å². The molecule has 0 bridgehead atoms. The number of para-hydroxylation sites is 1. The average molecular weight is 403 g/mol. The van der Waals surface area contributed by atoms with Gasteiger partial charge in [0.05, 0.1) is 12.2 Å². The molecular weight excluding hydrogens is 376 g/mol. The standard InChI is InChI=1S/C23H26N6O/c1-5-19-15-28(23(2,3)4)22(30)27(19)14-17-10-12-18(13-11-17)20-8-6-7-9-21(20)29-16-24-25-26-29/h6-13,15-16H,5,14H2,1-4H3. The highest BCUT2D eigenvalue weighted by Crippen LogP contribution is 2.26. The fourth-order valence-electron chi connectivity index (χ4n) is 3.62. The topological polar surface area (TPSA) is 70.5 Å². The monoisotopic (exact) mass is 402 g/mol. The number of hydrogen-bond donors (Lipinski definition) is 0. The van der Waals surface area contributed by atoms with Crippen LogP contribution in [0.2, 0.25) is 0 Å². The second-order valence-corrected chi connectivity index (χ2v) is 8.35. The summed E-state index contributed by atoms with van der Waals surface area (Å²) >= 11 is 0. The van der Waals surface area contributed by atoms with E-state index in [-0.39, 0.29) is 11.2 Å². The Bertz CT molecular complexity index is 1190.